The summed E-state index contributed by atoms with van der Waals surface area (Å²) in [5, 5.41) is 8.84. The van der Waals surface area contributed by atoms with E-state index in [9.17, 15) is 4.79 Å². The van der Waals surface area contributed by atoms with E-state index in [1.165, 1.54) is 12.1 Å². The average molecular weight is 274 g/mol. The summed E-state index contributed by atoms with van der Waals surface area (Å²) >= 11 is 0. The number of hydrogen-bond donors (Lipinski definition) is 1. The summed E-state index contributed by atoms with van der Waals surface area (Å²) in [7, 11) is 3.11. The second-order valence-corrected chi connectivity index (χ2v) is 3.95. The van der Waals surface area contributed by atoms with E-state index in [1.807, 2.05) is 0 Å². The zero-order valence-electron chi connectivity index (χ0n) is 11.1. The molecule has 2 rings (SSSR count). The van der Waals surface area contributed by atoms with E-state index in [4.69, 9.17) is 19.3 Å². The monoisotopic (exact) mass is 274 g/mol. The lowest BCUT2D eigenvalue weighted by atomic mass is 10.2. The summed E-state index contributed by atoms with van der Waals surface area (Å²) in [4.78, 5) is 10.8. The van der Waals surface area contributed by atoms with Gasteiger partial charge in [-0.05, 0) is 36.4 Å². The second kappa shape index (κ2) is 5.97. The molecule has 2 aromatic carbocycles. The first-order valence-electron chi connectivity index (χ1n) is 5.87. The molecule has 0 spiro atoms. The van der Waals surface area contributed by atoms with E-state index in [2.05, 4.69) is 0 Å². The molecule has 0 bridgehead atoms. The van der Waals surface area contributed by atoms with Crippen LogP contribution in [0.2, 0.25) is 0 Å². The Bertz CT molecular complexity index is 604. The molecule has 5 heteroatoms. The molecule has 0 aromatic heterocycles. The molecule has 0 unspecified atom stereocenters. The van der Waals surface area contributed by atoms with Crippen molar-refractivity contribution >= 4 is 5.97 Å². The van der Waals surface area contributed by atoms with E-state index in [-0.39, 0.29) is 5.56 Å². The topological polar surface area (TPSA) is 65.0 Å². The lowest BCUT2D eigenvalue weighted by Crippen LogP contribution is -1.96. The zero-order valence-corrected chi connectivity index (χ0v) is 11.1. The van der Waals surface area contributed by atoms with Gasteiger partial charge in [0.25, 0.3) is 0 Å². The van der Waals surface area contributed by atoms with E-state index in [0.29, 0.717) is 23.0 Å². The van der Waals surface area contributed by atoms with Gasteiger partial charge >= 0.3 is 5.97 Å². The predicted molar refractivity (Wildman–Crippen MR) is 73.0 cm³/mol. The first-order chi connectivity index (χ1) is 9.63. The van der Waals surface area contributed by atoms with Crippen LogP contribution >= 0.6 is 0 Å². The van der Waals surface area contributed by atoms with Crippen LogP contribution in [0.1, 0.15) is 10.4 Å². The minimum Gasteiger partial charge on any atom is -0.497 e. The van der Waals surface area contributed by atoms with Crippen molar-refractivity contribution < 1.29 is 24.1 Å². The largest absolute Gasteiger partial charge is 0.497 e. The number of hydrogen-bond acceptors (Lipinski definition) is 4. The van der Waals surface area contributed by atoms with Crippen LogP contribution in [0.4, 0.5) is 0 Å². The maximum atomic E-state index is 10.8. The molecule has 0 radical (unpaired) electrons. The first-order valence-corrected chi connectivity index (χ1v) is 5.87. The van der Waals surface area contributed by atoms with Crippen LogP contribution in [0.3, 0.4) is 0 Å². The number of carbonyl (C=O) groups is 1. The summed E-state index contributed by atoms with van der Waals surface area (Å²) in [6.07, 6.45) is 0. The zero-order chi connectivity index (χ0) is 14.5. The fraction of sp³-hybridized carbons (Fsp3) is 0.133. The van der Waals surface area contributed by atoms with Crippen molar-refractivity contribution in [1.82, 2.24) is 0 Å². The quantitative estimate of drug-likeness (QED) is 0.907. The van der Waals surface area contributed by atoms with Gasteiger partial charge in [0.05, 0.1) is 19.8 Å². The van der Waals surface area contributed by atoms with E-state index in [0.717, 1.165) is 0 Å². The van der Waals surface area contributed by atoms with Gasteiger partial charge in [0.2, 0.25) is 0 Å². The van der Waals surface area contributed by atoms with Crippen LogP contribution in [0, 0.1) is 0 Å². The third kappa shape index (κ3) is 3.00. The van der Waals surface area contributed by atoms with E-state index >= 15 is 0 Å². The van der Waals surface area contributed by atoms with Crippen LogP contribution in [0.15, 0.2) is 42.5 Å². The highest BCUT2D eigenvalue weighted by molar-refractivity contribution is 5.87. The molecule has 5 nitrogen and oxygen atoms in total. The van der Waals surface area contributed by atoms with Crippen LogP contribution in [-0.4, -0.2) is 25.3 Å². The molecule has 0 saturated heterocycles. The van der Waals surface area contributed by atoms with Crippen molar-refractivity contribution in [2.75, 3.05) is 14.2 Å². The molecular formula is C15H14O5. The smallest absolute Gasteiger partial charge is 0.335 e. The third-order valence-electron chi connectivity index (χ3n) is 2.70. The molecule has 0 aliphatic heterocycles. The molecule has 1 N–H and O–H groups in total. The van der Waals surface area contributed by atoms with Crippen molar-refractivity contribution in [3.8, 4) is 23.0 Å². The minimum atomic E-state index is -0.976. The Morgan fingerprint density at radius 3 is 2.10 bits per heavy atom. The van der Waals surface area contributed by atoms with Crippen LogP contribution < -0.4 is 14.2 Å². The Kier molecular flexibility index (Phi) is 4.10. The fourth-order valence-electron chi connectivity index (χ4n) is 1.66. The van der Waals surface area contributed by atoms with E-state index in [1.54, 1.807) is 44.6 Å². The van der Waals surface area contributed by atoms with Crippen molar-refractivity contribution in [3.05, 3.63) is 48.0 Å². The van der Waals surface area contributed by atoms with Crippen LogP contribution in [0.5, 0.6) is 23.0 Å². The maximum absolute atomic E-state index is 10.8. The molecule has 0 saturated carbocycles. The van der Waals surface area contributed by atoms with Gasteiger partial charge in [-0.3, -0.25) is 0 Å². The summed E-state index contributed by atoms with van der Waals surface area (Å²) in [6.45, 7) is 0. The van der Waals surface area contributed by atoms with Crippen molar-refractivity contribution in [2.45, 2.75) is 0 Å². The van der Waals surface area contributed by atoms with Gasteiger partial charge in [-0.25, -0.2) is 4.79 Å². The highest BCUT2D eigenvalue weighted by atomic mass is 16.5. The number of benzene rings is 2. The Labute approximate surface area is 116 Å². The predicted octanol–water partition coefficient (Wildman–Crippen LogP) is 3.19. The molecule has 2 aromatic rings. The molecule has 0 amide bonds. The van der Waals surface area contributed by atoms with Crippen molar-refractivity contribution in [2.24, 2.45) is 0 Å². The molecule has 0 heterocycles. The number of carboxylic acid groups (broad SMARTS) is 1. The van der Waals surface area contributed by atoms with Gasteiger partial charge in [-0.1, -0.05) is 0 Å². The summed E-state index contributed by atoms with van der Waals surface area (Å²) < 4.78 is 16.0. The maximum Gasteiger partial charge on any atom is 0.335 e. The molecule has 0 aliphatic rings. The highest BCUT2D eigenvalue weighted by Gasteiger charge is 2.08. The van der Waals surface area contributed by atoms with Crippen molar-refractivity contribution in [3.63, 3.8) is 0 Å². The van der Waals surface area contributed by atoms with Gasteiger partial charge in [-0.2, -0.15) is 0 Å². The number of ether oxygens (including phenoxy) is 3. The first kappa shape index (κ1) is 13.7. The van der Waals surface area contributed by atoms with Gasteiger partial charge in [-0.15, -0.1) is 0 Å². The number of rotatable bonds is 5. The number of aromatic carboxylic acids is 1. The standard InChI is InChI=1S/C15H14O5/c1-18-12-7-8-13(19-2)14(9-12)20-11-5-3-10(4-6-11)15(16)17/h3-9H,1-2H3,(H,16,17). The molecular weight excluding hydrogens is 260 g/mol. The molecule has 104 valence electrons. The van der Waals surface area contributed by atoms with Gasteiger partial charge in [0.1, 0.15) is 11.5 Å². The normalized spacial score (nSPS) is 9.90. The lowest BCUT2D eigenvalue weighted by Gasteiger charge is -2.11. The Morgan fingerprint density at radius 2 is 1.55 bits per heavy atom. The number of methoxy groups -OCH3 is 2. The summed E-state index contributed by atoms with van der Waals surface area (Å²) in [6, 6.07) is 11.3. The lowest BCUT2D eigenvalue weighted by molar-refractivity contribution is 0.0697. The molecule has 20 heavy (non-hydrogen) atoms. The van der Waals surface area contributed by atoms with Crippen molar-refractivity contribution in [1.29, 1.82) is 0 Å². The Hall–Kier alpha value is -2.69. The Morgan fingerprint density at radius 1 is 0.900 bits per heavy atom. The fourth-order valence-corrected chi connectivity index (χ4v) is 1.66. The summed E-state index contributed by atoms with van der Waals surface area (Å²) in [5.41, 5.74) is 0.204. The average Bonchev–Trinajstić information content (AvgIpc) is 2.47. The van der Waals surface area contributed by atoms with Crippen LogP contribution in [0.25, 0.3) is 0 Å². The highest BCUT2D eigenvalue weighted by Crippen LogP contribution is 2.34. The third-order valence-corrected chi connectivity index (χ3v) is 2.70. The Balaban J connectivity index is 2.26. The summed E-state index contributed by atoms with van der Waals surface area (Å²) in [5.74, 6) is 1.24. The molecule has 0 fully saturated rings. The molecule has 0 aliphatic carbocycles. The van der Waals surface area contributed by atoms with Crippen LogP contribution in [-0.2, 0) is 0 Å². The van der Waals surface area contributed by atoms with Gasteiger partial charge in [0, 0.05) is 6.07 Å². The van der Waals surface area contributed by atoms with Gasteiger partial charge in [0.15, 0.2) is 11.5 Å². The SMILES string of the molecule is COc1ccc(OC)c(Oc2ccc(C(=O)O)cc2)c1. The molecule has 0 atom stereocenters. The van der Waals surface area contributed by atoms with E-state index < -0.39 is 5.97 Å². The minimum absolute atomic E-state index is 0.204. The number of carboxylic acids is 1. The second-order valence-electron chi connectivity index (χ2n) is 3.95. The van der Waals surface area contributed by atoms with Gasteiger partial charge < -0.3 is 19.3 Å².